The summed E-state index contributed by atoms with van der Waals surface area (Å²) in [5.74, 6) is 0.0208. The first-order chi connectivity index (χ1) is 9.78. The zero-order chi connectivity index (χ0) is 13.9. The van der Waals surface area contributed by atoms with Crippen molar-refractivity contribution in [3.05, 3.63) is 46.0 Å². The smallest absolute Gasteiger partial charge is 0.251 e. The number of aryl methyl sites for hydroxylation is 2. The number of nitrogens with one attached hydrogen (secondary N) is 1. The Morgan fingerprint density at radius 3 is 2.20 bits per heavy atom. The van der Waals surface area contributed by atoms with Crippen LogP contribution in [0.15, 0.2) is 29.3 Å². The normalized spacial score (nSPS) is 18.6. The summed E-state index contributed by atoms with van der Waals surface area (Å²) in [6, 6.07) is 6.23. The predicted octanol–water partition coefficient (Wildman–Crippen LogP) is 3.80. The molecule has 1 N–H and O–H groups in total. The van der Waals surface area contributed by atoms with Gasteiger partial charge in [-0.3, -0.25) is 4.79 Å². The van der Waals surface area contributed by atoms with Crippen molar-refractivity contribution in [2.45, 2.75) is 51.4 Å². The average molecular weight is 269 g/mol. The fourth-order valence-electron chi connectivity index (χ4n) is 3.59. The molecule has 0 spiro atoms. The van der Waals surface area contributed by atoms with Crippen molar-refractivity contribution < 1.29 is 4.79 Å². The van der Waals surface area contributed by atoms with Crippen LogP contribution in [-0.4, -0.2) is 13.0 Å². The summed E-state index contributed by atoms with van der Waals surface area (Å²) < 4.78 is 0. The van der Waals surface area contributed by atoms with E-state index in [1.54, 1.807) is 18.2 Å². The van der Waals surface area contributed by atoms with Gasteiger partial charge in [0.05, 0.1) is 0 Å². The van der Waals surface area contributed by atoms with Crippen LogP contribution in [0.25, 0.3) is 0 Å². The third kappa shape index (κ3) is 2.65. The van der Waals surface area contributed by atoms with Crippen LogP contribution in [0.4, 0.5) is 0 Å². The predicted molar refractivity (Wildman–Crippen MR) is 82.0 cm³/mol. The Hall–Kier alpha value is -1.57. The summed E-state index contributed by atoms with van der Waals surface area (Å²) in [7, 11) is 1.69. The Bertz CT molecular complexity index is 557. The van der Waals surface area contributed by atoms with Crippen LogP contribution in [0, 0.1) is 0 Å². The standard InChI is InChI=1S/C18H23NO/c1-19-18(20)17-11-9-15-7-6-13-4-2-3-5-14(13)8-10-16(15)12-17/h9,11-12H,2-8,10H2,1H3,(H,19,20). The molecule has 2 heteroatoms. The number of rotatable bonds is 1. The molecular formula is C18H23NO. The molecule has 0 aromatic heterocycles. The molecule has 1 aromatic carbocycles. The number of carbonyl (C=O) groups excluding carboxylic acids is 1. The van der Waals surface area contributed by atoms with Crippen LogP contribution in [0.1, 0.15) is 60.0 Å². The molecule has 0 aliphatic heterocycles. The summed E-state index contributed by atoms with van der Waals surface area (Å²) >= 11 is 0. The van der Waals surface area contributed by atoms with Crippen LogP contribution in [0.3, 0.4) is 0 Å². The van der Waals surface area contributed by atoms with E-state index < -0.39 is 0 Å². The average Bonchev–Trinajstić information content (AvgIpc) is 2.48. The highest BCUT2D eigenvalue weighted by molar-refractivity contribution is 5.94. The zero-order valence-corrected chi connectivity index (χ0v) is 12.3. The topological polar surface area (TPSA) is 29.1 Å². The van der Waals surface area contributed by atoms with Gasteiger partial charge in [-0.1, -0.05) is 17.2 Å². The maximum absolute atomic E-state index is 11.8. The lowest BCUT2D eigenvalue weighted by molar-refractivity contribution is 0.0963. The third-order valence-electron chi connectivity index (χ3n) is 4.79. The molecule has 0 fully saturated rings. The Kier molecular flexibility index (Phi) is 3.90. The quantitative estimate of drug-likeness (QED) is 0.772. The van der Waals surface area contributed by atoms with Crippen molar-refractivity contribution >= 4 is 5.91 Å². The van der Waals surface area contributed by atoms with Gasteiger partial charge in [0.1, 0.15) is 0 Å². The van der Waals surface area contributed by atoms with Gasteiger partial charge in [-0.15, -0.1) is 0 Å². The number of benzene rings is 1. The third-order valence-corrected chi connectivity index (χ3v) is 4.79. The molecule has 1 aromatic rings. The lowest BCUT2D eigenvalue weighted by Crippen LogP contribution is -2.18. The van der Waals surface area contributed by atoms with Crippen LogP contribution < -0.4 is 5.32 Å². The molecule has 0 radical (unpaired) electrons. The van der Waals surface area contributed by atoms with Gasteiger partial charge in [-0.2, -0.15) is 0 Å². The van der Waals surface area contributed by atoms with Gasteiger partial charge in [0.25, 0.3) is 5.91 Å². The molecular weight excluding hydrogens is 246 g/mol. The zero-order valence-electron chi connectivity index (χ0n) is 12.3. The van der Waals surface area contributed by atoms with Gasteiger partial charge >= 0.3 is 0 Å². The summed E-state index contributed by atoms with van der Waals surface area (Å²) in [6.45, 7) is 0. The number of hydrogen-bond donors (Lipinski definition) is 1. The first-order valence-corrected chi connectivity index (χ1v) is 7.81. The second kappa shape index (κ2) is 5.82. The van der Waals surface area contributed by atoms with Crippen molar-refractivity contribution in [1.82, 2.24) is 5.32 Å². The van der Waals surface area contributed by atoms with Gasteiger partial charge in [-0.05, 0) is 74.6 Å². The van der Waals surface area contributed by atoms with Gasteiger partial charge in [-0.25, -0.2) is 0 Å². The fourth-order valence-corrected chi connectivity index (χ4v) is 3.59. The summed E-state index contributed by atoms with van der Waals surface area (Å²) in [6.07, 6.45) is 10.0. The van der Waals surface area contributed by atoms with Crippen molar-refractivity contribution in [2.75, 3.05) is 7.05 Å². The van der Waals surface area contributed by atoms with Crippen LogP contribution in [0.2, 0.25) is 0 Å². The van der Waals surface area contributed by atoms with Gasteiger partial charge in [0, 0.05) is 12.6 Å². The first kappa shape index (κ1) is 13.4. The van der Waals surface area contributed by atoms with Crippen molar-refractivity contribution in [1.29, 1.82) is 0 Å². The van der Waals surface area contributed by atoms with Gasteiger partial charge < -0.3 is 5.32 Å². The first-order valence-electron chi connectivity index (χ1n) is 7.81. The largest absolute Gasteiger partial charge is 0.355 e. The summed E-state index contributed by atoms with van der Waals surface area (Å²) in [4.78, 5) is 11.8. The van der Waals surface area contributed by atoms with E-state index in [1.807, 2.05) is 6.07 Å². The van der Waals surface area contributed by atoms with E-state index in [9.17, 15) is 4.79 Å². The van der Waals surface area contributed by atoms with E-state index in [0.717, 1.165) is 18.4 Å². The lowest BCUT2D eigenvalue weighted by Gasteiger charge is -2.24. The molecule has 0 atom stereocenters. The maximum atomic E-state index is 11.8. The Morgan fingerprint density at radius 1 is 0.900 bits per heavy atom. The second-order valence-electron chi connectivity index (χ2n) is 5.98. The van der Waals surface area contributed by atoms with E-state index in [1.165, 1.54) is 49.7 Å². The molecule has 2 aliphatic rings. The molecule has 2 aliphatic carbocycles. The fraction of sp³-hybridized carbons (Fsp3) is 0.500. The Labute approximate surface area is 121 Å². The van der Waals surface area contributed by atoms with Crippen molar-refractivity contribution in [3.63, 3.8) is 0 Å². The lowest BCUT2D eigenvalue weighted by atomic mass is 9.82. The van der Waals surface area contributed by atoms with Crippen LogP contribution >= 0.6 is 0 Å². The summed E-state index contributed by atoms with van der Waals surface area (Å²) in [5.41, 5.74) is 7.06. The number of allylic oxidation sites excluding steroid dienone is 2. The summed E-state index contributed by atoms with van der Waals surface area (Å²) in [5, 5.41) is 2.71. The molecule has 20 heavy (non-hydrogen) atoms. The van der Waals surface area contributed by atoms with Crippen molar-refractivity contribution in [2.24, 2.45) is 0 Å². The van der Waals surface area contributed by atoms with Gasteiger partial charge in [0.15, 0.2) is 0 Å². The minimum Gasteiger partial charge on any atom is -0.355 e. The highest BCUT2D eigenvalue weighted by atomic mass is 16.1. The highest BCUT2D eigenvalue weighted by Crippen LogP contribution is 2.33. The second-order valence-corrected chi connectivity index (χ2v) is 5.98. The molecule has 1 amide bonds. The highest BCUT2D eigenvalue weighted by Gasteiger charge is 2.17. The number of hydrogen-bond acceptors (Lipinski definition) is 1. The minimum absolute atomic E-state index is 0.0208. The number of amides is 1. The van der Waals surface area contributed by atoms with E-state index in [2.05, 4.69) is 17.4 Å². The molecule has 2 nitrogen and oxygen atoms in total. The SMILES string of the molecule is CNC(=O)c1ccc2c(c1)CCC1=C(CCCC1)CC2. The van der Waals surface area contributed by atoms with Crippen molar-refractivity contribution in [3.8, 4) is 0 Å². The van der Waals surface area contributed by atoms with E-state index in [0.29, 0.717) is 0 Å². The van der Waals surface area contributed by atoms with Gasteiger partial charge in [0.2, 0.25) is 0 Å². The maximum Gasteiger partial charge on any atom is 0.251 e. The van der Waals surface area contributed by atoms with E-state index in [-0.39, 0.29) is 5.91 Å². The molecule has 0 saturated carbocycles. The molecule has 0 unspecified atom stereocenters. The van der Waals surface area contributed by atoms with E-state index >= 15 is 0 Å². The van der Waals surface area contributed by atoms with Crippen LogP contribution in [0.5, 0.6) is 0 Å². The number of fused-ring (bicyclic) bond motifs is 1. The molecule has 3 rings (SSSR count). The minimum atomic E-state index is 0.0208. The number of carbonyl (C=O) groups is 1. The molecule has 106 valence electrons. The molecule has 0 saturated heterocycles. The monoisotopic (exact) mass is 269 g/mol. The Balaban J connectivity index is 1.86. The van der Waals surface area contributed by atoms with Crippen LogP contribution in [-0.2, 0) is 12.8 Å². The Morgan fingerprint density at radius 2 is 1.55 bits per heavy atom. The molecule has 0 heterocycles. The van der Waals surface area contributed by atoms with E-state index in [4.69, 9.17) is 0 Å². The molecule has 0 bridgehead atoms.